The molecule has 0 radical (unpaired) electrons. The van der Waals surface area contributed by atoms with Gasteiger partial charge in [0.15, 0.2) is 0 Å². The lowest BCUT2D eigenvalue weighted by Gasteiger charge is -2.18. The molecule has 0 amide bonds. The molecule has 0 aromatic rings. The molecule has 0 aromatic heterocycles. The lowest BCUT2D eigenvalue weighted by Crippen LogP contribution is -2.10. The Morgan fingerprint density at radius 3 is 0.146 bits per heavy atom. The van der Waals surface area contributed by atoms with Crippen molar-refractivity contribution in [3.63, 3.8) is 0 Å². The van der Waals surface area contributed by atoms with Crippen LogP contribution in [-0.4, -0.2) is 0 Å². The van der Waals surface area contributed by atoms with Crippen LogP contribution in [0.15, 0.2) is 0 Å². The van der Waals surface area contributed by atoms with Gasteiger partial charge in [-0.05, 0) is 107 Å². The van der Waals surface area contributed by atoms with Gasteiger partial charge >= 0.3 is 0 Å². The van der Waals surface area contributed by atoms with Crippen molar-refractivity contribution in [3.8, 4) is 0 Å². The Balaban J connectivity index is -0.000000110. The molecule has 0 fully saturated rings. The second-order valence-electron chi connectivity index (χ2n) is 20.1. The van der Waals surface area contributed by atoms with E-state index in [4.69, 9.17) is 0 Å². The van der Waals surface area contributed by atoms with Gasteiger partial charge in [0.2, 0.25) is 0 Å². The van der Waals surface area contributed by atoms with E-state index < -0.39 is 0 Å². The summed E-state index contributed by atoms with van der Waals surface area (Å²) < 4.78 is 0. The Kier molecular flexibility index (Phi) is 42.7. The summed E-state index contributed by atoms with van der Waals surface area (Å²) in [7, 11) is 0. The van der Waals surface area contributed by atoms with E-state index in [1.54, 1.807) is 0 Å². The summed E-state index contributed by atoms with van der Waals surface area (Å²) in [5.74, 6) is 15.3. The molecule has 48 heavy (non-hydrogen) atoms. The molecule has 0 spiro atoms. The first kappa shape index (κ1) is 60.1. The maximum Gasteiger partial charge on any atom is -0.0396 e. The monoisotopic (exact) mass is 685 g/mol. The molecule has 0 saturated heterocycles. The van der Waals surface area contributed by atoms with Crippen molar-refractivity contribution in [2.45, 2.75) is 208 Å². The second-order valence-corrected chi connectivity index (χ2v) is 20.1. The molecule has 0 bridgehead atoms. The van der Waals surface area contributed by atoms with E-state index >= 15 is 0 Å². The largest absolute Gasteiger partial charge is 0.0625 e. The van der Waals surface area contributed by atoms with E-state index in [1.165, 1.54) is 0 Å². The van der Waals surface area contributed by atoms with Crippen molar-refractivity contribution in [2.75, 3.05) is 0 Å². The molecule has 300 valence electrons. The minimum Gasteiger partial charge on any atom is -0.0625 e. The zero-order valence-corrected chi connectivity index (χ0v) is 40.4. The summed E-state index contributed by atoms with van der Waals surface area (Å²) in [6.07, 6.45) is 0. The van der Waals surface area contributed by atoms with E-state index in [-0.39, 0.29) is 0 Å². The van der Waals surface area contributed by atoms with E-state index in [9.17, 15) is 0 Å². The minimum atomic E-state index is 0.843. The lowest BCUT2D eigenvalue weighted by atomic mass is 9.88. The summed E-state index contributed by atoms with van der Waals surface area (Å²) in [5.41, 5.74) is 0. The van der Waals surface area contributed by atoms with Crippen molar-refractivity contribution in [2.24, 2.45) is 107 Å². The minimum absolute atomic E-state index is 0.843. The van der Waals surface area contributed by atoms with Crippen molar-refractivity contribution >= 4 is 0 Å². The van der Waals surface area contributed by atoms with Crippen molar-refractivity contribution in [3.05, 3.63) is 0 Å². The number of hydrogen-bond donors (Lipinski definition) is 0. The first-order valence-electron chi connectivity index (χ1n) is 21.3. The summed E-state index contributed by atoms with van der Waals surface area (Å²) >= 11 is 0. The van der Waals surface area contributed by atoms with Crippen molar-refractivity contribution < 1.29 is 0 Å². The van der Waals surface area contributed by atoms with Gasteiger partial charge in [-0.25, -0.2) is 0 Å². The fourth-order valence-electron chi connectivity index (χ4n) is 4.62. The van der Waals surface area contributed by atoms with Crippen LogP contribution < -0.4 is 0 Å². The third-order valence-electron chi connectivity index (χ3n) is 12.6. The molecule has 0 aromatic carbocycles. The van der Waals surface area contributed by atoms with Gasteiger partial charge in [0, 0.05) is 0 Å². The molecule has 0 saturated carbocycles. The third kappa shape index (κ3) is 40.4. The number of rotatable bonds is 12. The highest BCUT2D eigenvalue weighted by molar-refractivity contribution is 4.63. The van der Waals surface area contributed by atoms with Gasteiger partial charge in [-0.2, -0.15) is 0 Å². The third-order valence-corrected chi connectivity index (χ3v) is 12.6. The molecule has 0 aliphatic carbocycles. The first-order valence-corrected chi connectivity index (χ1v) is 21.3. The van der Waals surface area contributed by atoms with Gasteiger partial charge in [0.05, 0.1) is 0 Å². The van der Waals surface area contributed by atoms with Crippen LogP contribution in [0.5, 0.6) is 0 Å². The fourth-order valence-corrected chi connectivity index (χ4v) is 4.62. The van der Waals surface area contributed by atoms with Gasteiger partial charge in [0.25, 0.3) is 0 Å². The molecule has 0 atom stereocenters. The van der Waals surface area contributed by atoms with Gasteiger partial charge < -0.3 is 0 Å². The molecule has 0 nitrogen and oxygen atoms in total. The zero-order chi connectivity index (χ0) is 40.4. The van der Waals surface area contributed by atoms with Crippen LogP contribution in [0.4, 0.5) is 0 Å². The molecule has 0 heterocycles. The van der Waals surface area contributed by atoms with Crippen LogP contribution in [-0.2, 0) is 0 Å². The van der Waals surface area contributed by atoms with Crippen LogP contribution in [0.3, 0.4) is 0 Å². The van der Waals surface area contributed by atoms with Crippen LogP contribution >= 0.6 is 0 Å². The van der Waals surface area contributed by atoms with E-state index in [0.29, 0.717) is 0 Å². The second kappa shape index (κ2) is 34.1. The normalized spacial score (nSPS) is 12.0. The Labute approximate surface area is 313 Å². The molecule has 0 N–H and O–H groups in total. The quantitative estimate of drug-likeness (QED) is 0.192. The van der Waals surface area contributed by atoms with Crippen molar-refractivity contribution in [1.29, 1.82) is 0 Å². The zero-order valence-electron chi connectivity index (χ0n) is 40.4. The average Bonchev–Trinajstić information content (AvgIpc) is 2.95. The van der Waals surface area contributed by atoms with Gasteiger partial charge in [-0.15, -0.1) is 0 Å². The highest BCUT2D eigenvalue weighted by Crippen LogP contribution is 2.21. The standard InChI is InChI=1S/6C8H18/c6*1-6(2)8(5)7(3)4/h6*6-8H,1-5H3. The Morgan fingerprint density at radius 2 is 0.146 bits per heavy atom. The SMILES string of the molecule is CC(C)C(C)C(C)C.CC(C)C(C)C(C)C.CC(C)C(C)C(C)C.CC(C)C(C)C(C)C.CC(C)C(C)C(C)C.CC(C)C(C)C(C)C. The summed E-state index contributed by atoms with van der Waals surface area (Å²) in [5, 5.41) is 0. The van der Waals surface area contributed by atoms with Crippen LogP contribution in [0.1, 0.15) is 208 Å². The maximum absolute atomic E-state index is 2.31. The molecular weight excluding hydrogens is 577 g/mol. The Bertz CT molecular complexity index is 410. The predicted octanol–water partition coefficient (Wildman–Crippen LogP) is 17.6. The van der Waals surface area contributed by atoms with Crippen LogP contribution in [0, 0.1) is 107 Å². The van der Waals surface area contributed by atoms with Gasteiger partial charge in [-0.1, -0.05) is 208 Å². The molecule has 0 rings (SSSR count). The topological polar surface area (TPSA) is 0 Å². The maximum atomic E-state index is 2.31. The summed E-state index contributed by atoms with van der Waals surface area (Å²) in [4.78, 5) is 0. The molecule has 0 aliphatic heterocycles. The molecule has 0 aliphatic rings. The lowest BCUT2D eigenvalue weighted by molar-refractivity contribution is 0.316. The van der Waals surface area contributed by atoms with Gasteiger partial charge in [-0.3, -0.25) is 0 Å². The smallest absolute Gasteiger partial charge is 0.0396 e. The summed E-state index contributed by atoms with van der Waals surface area (Å²) in [6.45, 7) is 68.7. The van der Waals surface area contributed by atoms with E-state index in [2.05, 4.69) is 208 Å². The first-order chi connectivity index (χ1) is 21.3. The van der Waals surface area contributed by atoms with Crippen LogP contribution in [0.25, 0.3) is 0 Å². The molecular formula is C48H108. The van der Waals surface area contributed by atoms with E-state index in [1.807, 2.05) is 0 Å². The predicted molar refractivity (Wildman–Crippen MR) is 233 cm³/mol. The highest BCUT2D eigenvalue weighted by Gasteiger charge is 2.13. The number of hydrogen-bond acceptors (Lipinski definition) is 0. The molecule has 0 heteroatoms. The highest BCUT2D eigenvalue weighted by atomic mass is 14.2. The van der Waals surface area contributed by atoms with Crippen molar-refractivity contribution in [1.82, 2.24) is 0 Å². The van der Waals surface area contributed by atoms with E-state index in [0.717, 1.165) is 107 Å². The Hall–Kier alpha value is 0. The summed E-state index contributed by atoms with van der Waals surface area (Å²) in [6, 6.07) is 0. The van der Waals surface area contributed by atoms with Crippen LogP contribution in [0.2, 0.25) is 0 Å². The molecule has 0 unspecified atom stereocenters. The fraction of sp³-hybridized carbons (Fsp3) is 1.00. The average molecular weight is 685 g/mol. The Morgan fingerprint density at radius 1 is 0.104 bits per heavy atom. The van der Waals surface area contributed by atoms with Gasteiger partial charge in [0.1, 0.15) is 0 Å².